The van der Waals surface area contributed by atoms with Crippen LogP contribution in [-0.2, 0) is 5.54 Å². The molecular weight excluding hydrogens is 310 g/mol. The average molecular weight is 322 g/mol. The summed E-state index contributed by atoms with van der Waals surface area (Å²) in [5.74, 6) is -2.35. The van der Waals surface area contributed by atoms with E-state index < -0.39 is 35.1 Å². The Balaban J connectivity index is 2.67. The molecule has 0 aromatic heterocycles. The van der Waals surface area contributed by atoms with Gasteiger partial charge < -0.3 is 11.5 Å². The summed E-state index contributed by atoms with van der Waals surface area (Å²) in [5, 5.41) is 0. The van der Waals surface area contributed by atoms with Gasteiger partial charge in [0.05, 0.1) is 11.1 Å². The van der Waals surface area contributed by atoms with Gasteiger partial charge in [0.15, 0.2) is 0 Å². The summed E-state index contributed by atoms with van der Waals surface area (Å²) in [6, 6.07) is 6.83. The molecule has 2 nitrogen and oxygen atoms in total. The zero-order valence-electron chi connectivity index (χ0n) is 11.0. The predicted molar refractivity (Wildman–Crippen MR) is 68.3 cm³/mol. The Hall–Kier alpha value is -1.96. The third-order valence-corrected chi connectivity index (χ3v) is 3.49. The quantitative estimate of drug-likeness (QED) is 0.779. The van der Waals surface area contributed by atoms with Gasteiger partial charge in [-0.3, -0.25) is 0 Å². The molecule has 1 aliphatic rings. The zero-order chi connectivity index (χ0) is 16.8. The summed E-state index contributed by atoms with van der Waals surface area (Å²) in [6.45, 7) is 0. The molecule has 2 rings (SSSR count). The smallest absolute Gasteiger partial charge is 0.398 e. The second-order valence-corrected chi connectivity index (χ2v) is 5.00. The van der Waals surface area contributed by atoms with Crippen molar-refractivity contribution in [1.82, 2.24) is 0 Å². The highest BCUT2D eigenvalue weighted by molar-refractivity contribution is 5.46. The van der Waals surface area contributed by atoms with Gasteiger partial charge in [0.25, 0.3) is 0 Å². The van der Waals surface area contributed by atoms with Crippen LogP contribution >= 0.6 is 0 Å². The Morgan fingerprint density at radius 2 is 1.50 bits per heavy atom. The number of halogens is 6. The van der Waals surface area contributed by atoms with E-state index >= 15 is 0 Å². The van der Waals surface area contributed by atoms with E-state index in [0.717, 1.165) is 0 Å². The SMILES string of the molecule is NC1=CC(C(F)(F)F)C(N)(c2ccccc2)C=C1C(F)(F)F. The Bertz CT molecular complexity index is 614. The molecule has 0 amide bonds. The minimum atomic E-state index is -4.89. The fourth-order valence-electron chi connectivity index (χ4n) is 2.42. The number of rotatable bonds is 1. The van der Waals surface area contributed by atoms with E-state index in [1.165, 1.54) is 30.3 Å². The number of benzene rings is 1. The molecular formula is C14H12F6N2. The summed E-state index contributed by atoms with van der Waals surface area (Å²) in [4.78, 5) is 0. The number of hydrogen-bond donors (Lipinski definition) is 2. The van der Waals surface area contributed by atoms with Crippen molar-refractivity contribution in [3.63, 3.8) is 0 Å². The van der Waals surface area contributed by atoms with Gasteiger partial charge in [0.1, 0.15) is 5.92 Å². The number of allylic oxidation sites excluding steroid dienone is 1. The fraction of sp³-hybridized carbons (Fsp3) is 0.286. The molecule has 0 bridgehead atoms. The minimum absolute atomic E-state index is 0.0807. The van der Waals surface area contributed by atoms with Gasteiger partial charge in [0, 0.05) is 5.70 Å². The van der Waals surface area contributed by atoms with Crippen molar-refractivity contribution in [3.8, 4) is 0 Å². The maximum absolute atomic E-state index is 13.2. The standard InChI is InChI=1S/C14H12F6N2/c15-13(16,17)9-7-12(22,8-4-2-1-3-5-8)11(6-10(9)21)14(18,19)20/h1-7,11H,21-22H2. The molecule has 0 fully saturated rings. The highest BCUT2D eigenvalue weighted by atomic mass is 19.4. The highest BCUT2D eigenvalue weighted by Gasteiger charge is 2.54. The van der Waals surface area contributed by atoms with Crippen LogP contribution in [0.1, 0.15) is 5.56 Å². The van der Waals surface area contributed by atoms with Crippen molar-refractivity contribution in [2.45, 2.75) is 17.9 Å². The lowest BCUT2D eigenvalue weighted by Crippen LogP contribution is -2.51. The first kappa shape index (κ1) is 16.4. The maximum atomic E-state index is 13.2. The molecule has 120 valence electrons. The van der Waals surface area contributed by atoms with Crippen LogP contribution in [0.3, 0.4) is 0 Å². The highest BCUT2D eigenvalue weighted by Crippen LogP contribution is 2.47. The molecule has 1 aromatic carbocycles. The van der Waals surface area contributed by atoms with Crippen LogP contribution in [-0.4, -0.2) is 12.4 Å². The Morgan fingerprint density at radius 3 is 1.95 bits per heavy atom. The number of alkyl halides is 6. The summed E-state index contributed by atoms with van der Waals surface area (Å²) in [6.07, 6.45) is -9.05. The van der Waals surface area contributed by atoms with E-state index in [4.69, 9.17) is 11.5 Å². The van der Waals surface area contributed by atoms with Gasteiger partial charge >= 0.3 is 12.4 Å². The topological polar surface area (TPSA) is 52.0 Å². The van der Waals surface area contributed by atoms with Crippen LogP contribution in [0.15, 0.2) is 53.8 Å². The number of hydrogen-bond acceptors (Lipinski definition) is 2. The first-order chi connectivity index (χ1) is 9.96. The third-order valence-electron chi connectivity index (χ3n) is 3.49. The normalized spacial score (nSPS) is 26.4. The largest absolute Gasteiger partial charge is 0.418 e. The van der Waals surface area contributed by atoms with Crippen molar-refractivity contribution in [1.29, 1.82) is 0 Å². The van der Waals surface area contributed by atoms with Crippen LogP contribution < -0.4 is 11.5 Å². The molecule has 1 aromatic rings. The van der Waals surface area contributed by atoms with Gasteiger partial charge in [-0.05, 0) is 17.7 Å². The predicted octanol–water partition coefficient (Wildman–Crippen LogP) is 3.36. The van der Waals surface area contributed by atoms with Crippen molar-refractivity contribution in [2.75, 3.05) is 0 Å². The van der Waals surface area contributed by atoms with E-state index in [2.05, 4.69) is 0 Å². The Morgan fingerprint density at radius 1 is 0.955 bits per heavy atom. The van der Waals surface area contributed by atoms with Crippen LogP contribution in [0.25, 0.3) is 0 Å². The molecule has 22 heavy (non-hydrogen) atoms. The average Bonchev–Trinajstić information content (AvgIpc) is 2.40. The van der Waals surface area contributed by atoms with Crippen LogP contribution in [0.4, 0.5) is 26.3 Å². The van der Waals surface area contributed by atoms with E-state index in [1.54, 1.807) is 0 Å². The van der Waals surface area contributed by atoms with Crippen LogP contribution in [0.2, 0.25) is 0 Å². The number of nitrogens with two attached hydrogens (primary N) is 2. The maximum Gasteiger partial charge on any atom is 0.418 e. The molecule has 0 radical (unpaired) electrons. The Labute approximate surface area is 122 Å². The van der Waals surface area contributed by atoms with Gasteiger partial charge in [-0.1, -0.05) is 30.3 Å². The lowest BCUT2D eigenvalue weighted by atomic mass is 9.73. The Kier molecular flexibility index (Phi) is 3.76. The summed E-state index contributed by atoms with van der Waals surface area (Å²) < 4.78 is 78.5. The van der Waals surface area contributed by atoms with Crippen molar-refractivity contribution in [2.24, 2.45) is 17.4 Å². The molecule has 0 heterocycles. The molecule has 0 spiro atoms. The monoisotopic (exact) mass is 322 g/mol. The van der Waals surface area contributed by atoms with E-state index in [-0.39, 0.29) is 5.56 Å². The first-order valence-corrected chi connectivity index (χ1v) is 6.15. The van der Waals surface area contributed by atoms with Crippen LogP contribution in [0, 0.1) is 5.92 Å². The summed E-state index contributed by atoms with van der Waals surface area (Å²) in [5.41, 5.74) is 6.13. The minimum Gasteiger partial charge on any atom is -0.398 e. The fourth-order valence-corrected chi connectivity index (χ4v) is 2.42. The van der Waals surface area contributed by atoms with Crippen LogP contribution in [0.5, 0.6) is 0 Å². The second kappa shape index (κ2) is 5.05. The third kappa shape index (κ3) is 2.83. The molecule has 2 unspecified atom stereocenters. The zero-order valence-corrected chi connectivity index (χ0v) is 11.0. The van der Waals surface area contributed by atoms with Gasteiger partial charge in [-0.25, -0.2) is 0 Å². The summed E-state index contributed by atoms with van der Waals surface area (Å²) >= 11 is 0. The van der Waals surface area contributed by atoms with Gasteiger partial charge in [-0.15, -0.1) is 0 Å². The van der Waals surface area contributed by atoms with Crippen molar-refractivity contribution >= 4 is 0 Å². The second-order valence-electron chi connectivity index (χ2n) is 5.00. The molecule has 0 saturated carbocycles. The van der Waals surface area contributed by atoms with Crippen molar-refractivity contribution < 1.29 is 26.3 Å². The van der Waals surface area contributed by atoms with Gasteiger partial charge in [-0.2, -0.15) is 26.3 Å². The molecule has 1 aliphatic carbocycles. The first-order valence-electron chi connectivity index (χ1n) is 6.15. The lowest BCUT2D eigenvalue weighted by molar-refractivity contribution is -0.176. The van der Waals surface area contributed by atoms with Gasteiger partial charge in [0.2, 0.25) is 0 Å². The van der Waals surface area contributed by atoms with E-state index in [1.807, 2.05) is 0 Å². The van der Waals surface area contributed by atoms with E-state index in [9.17, 15) is 26.3 Å². The van der Waals surface area contributed by atoms with Crippen molar-refractivity contribution in [3.05, 3.63) is 59.3 Å². The molecule has 0 aliphatic heterocycles. The lowest BCUT2D eigenvalue weighted by Gasteiger charge is -2.39. The molecule has 8 heteroatoms. The molecule has 2 atom stereocenters. The molecule has 4 N–H and O–H groups in total. The molecule has 0 saturated heterocycles. The summed E-state index contributed by atoms with van der Waals surface area (Å²) in [7, 11) is 0. The van der Waals surface area contributed by atoms with E-state index in [0.29, 0.717) is 12.2 Å².